The number of fused-ring (bicyclic) bond motifs is 2. The molecule has 1 amide bonds. The maximum Gasteiger partial charge on any atom is 0.225 e. The van der Waals surface area contributed by atoms with Crippen LogP contribution in [-0.4, -0.2) is 28.3 Å². The number of carbonyl (C=O) groups excluding carboxylic acids is 1. The van der Waals surface area contributed by atoms with Gasteiger partial charge in [-0.3, -0.25) is 9.78 Å². The molecule has 1 aliphatic heterocycles. The van der Waals surface area contributed by atoms with E-state index in [0.717, 1.165) is 35.5 Å². The molecule has 6 heteroatoms. The van der Waals surface area contributed by atoms with E-state index in [1.807, 2.05) is 31.2 Å². The van der Waals surface area contributed by atoms with Gasteiger partial charge in [-0.2, -0.15) is 0 Å². The lowest BCUT2D eigenvalue weighted by atomic mass is 10.1. The van der Waals surface area contributed by atoms with E-state index in [-0.39, 0.29) is 11.8 Å². The van der Waals surface area contributed by atoms with E-state index in [1.54, 1.807) is 25.4 Å². The summed E-state index contributed by atoms with van der Waals surface area (Å²) in [5.74, 6) is 1.73. The van der Waals surface area contributed by atoms with Gasteiger partial charge in [0.1, 0.15) is 22.8 Å². The summed E-state index contributed by atoms with van der Waals surface area (Å²) in [6, 6.07) is 12.1. The predicted octanol–water partition coefficient (Wildman–Crippen LogP) is 5.19. The molecule has 1 aromatic carbocycles. The molecule has 0 saturated carbocycles. The topological polar surface area (TPSA) is 84.6 Å². The summed E-state index contributed by atoms with van der Waals surface area (Å²) in [6.07, 6.45) is 8.18. The first-order valence-electron chi connectivity index (χ1n) is 10.9. The average molecular weight is 439 g/mol. The molecule has 1 aliphatic rings. The molecule has 0 unspecified atom stereocenters. The number of allylic oxidation sites excluding steroid dienone is 1. The van der Waals surface area contributed by atoms with Crippen LogP contribution in [0.25, 0.3) is 11.0 Å². The average Bonchev–Trinajstić information content (AvgIpc) is 3.14. The number of ether oxygens (including phenoxy) is 1. The van der Waals surface area contributed by atoms with Crippen LogP contribution in [0.4, 0.5) is 0 Å². The summed E-state index contributed by atoms with van der Waals surface area (Å²) < 4.78 is 10.8. The zero-order valence-electron chi connectivity index (χ0n) is 19.4. The Kier molecular flexibility index (Phi) is 9.47. The van der Waals surface area contributed by atoms with E-state index in [0.29, 0.717) is 6.42 Å². The third-order valence-electron chi connectivity index (χ3n) is 4.66. The molecule has 0 aliphatic carbocycles. The third-order valence-corrected chi connectivity index (χ3v) is 4.66. The highest BCUT2D eigenvalue weighted by Gasteiger charge is 2.19. The number of aryl methyl sites for hydroxylation is 2. The predicted molar refractivity (Wildman–Crippen MR) is 127 cm³/mol. The minimum absolute atomic E-state index is 0.131. The minimum Gasteiger partial charge on any atom is -0.493 e. The van der Waals surface area contributed by atoms with Gasteiger partial charge in [-0.25, -0.2) is 0 Å². The van der Waals surface area contributed by atoms with Gasteiger partial charge in [-0.15, -0.1) is 6.58 Å². The molecule has 0 fully saturated rings. The number of para-hydroxylation sites is 1. The van der Waals surface area contributed by atoms with Gasteiger partial charge in [0.25, 0.3) is 0 Å². The van der Waals surface area contributed by atoms with Crippen LogP contribution in [0, 0.1) is 12.8 Å². The molecule has 2 N–H and O–H groups in total. The Morgan fingerprint density at radius 2 is 2.09 bits per heavy atom. The lowest BCUT2D eigenvalue weighted by Crippen LogP contribution is -2.45. The van der Waals surface area contributed by atoms with Crippen LogP contribution in [0.1, 0.15) is 44.9 Å². The fourth-order valence-electron chi connectivity index (χ4n) is 3.09. The first-order valence-corrected chi connectivity index (χ1v) is 10.9. The number of furan rings is 1. The Hall–Kier alpha value is -3.12. The fraction of sp³-hybridized carbons (Fsp3) is 0.385. The van der Waals surface area contributed by atoms with Crippen LogP contribution in [0.3, 0.4) is 0 Å². The van der Waals surface area contributed by atoms with Crippen molar-refractivity contribution in [2.75, 3.05) is 6.61 Å². The number of nitrogens with one attached hydrogen (secondary N) is 1. The Labute approximate surface area is 190 Å². The van der Waals surface area contributed by atoms with E-state index < -0.39 is 5.72 Å². The number of pyridine rings is 1. The quantitative estimate of drug-likeness (QED) is 0.432. The number of nitrogens with zero attached hydrogens (tertiary/aromatic N) is 1. The zero-order chi connectivity index (χ0) is 23.6. The zero-order valence-corrected chi connectivity index (χ0v) is 19.4. The van der Waals surface area contributed by atoms with Crippen molar-refractivity contribution in [2.24, 2.45) is 5.92 Å². The standard InChI is InChI=1S/C9H17NO2.C9H10O.C8H7NO/c1-5-6-7(2)8(11)10-9(3,4)12;1-2-6-9-8(4-1)5-3-7-10-9;1-6-4-7-5-9-3-2-8(7)10-6/h5,7,12H,1,6H2,2-4H3,(H,10,11);1-2,4,6H,3,5,7H2;2-5H,1H3/t7-;;/m1../s1. The van der Waals surface area contributed by atoms with Crippen molar-refractivity contribution in [3.05, 3.63) is 72.8 Å². The molecule has 0 saturated heterocycles. The van der Waals surface area contributed by atoms with Crippen LogP contribution < -0.4 is 10.1 Å². The maximum absolute atomic E-state index is 11.2. The monoisotopic (exact) mass is 438 g/mol. The van der Waals surface area contributed by atoms with Crippen molar-refractivity contribution in [3.8, 4) is 5.75 Å². The van der Waals surface area contributed by atoms with Crippen LogP contribution >= 0.6 is 0 Å². The van der Waals surface area contributed by atoms with Crippen LogP contribution in [0.2, 0.25) is 0 Å². The SMILES string of the molecule is C=CC[C@@H](C)C(=O)NC(C)(C)O.Cc1cc2cnccc2o1.c1ccc2c(c1)CCCO2. The number of hydrogen-bond donors (Lipinski definition) is 2. The van der Waals surface area contributed by atoms with Gasteiger partial charge < -0.3 is 19.6 Å². The molecule has 32 heavy (non-hydrogen) atoms. The lowest BCUT2D eigenvalue weighted by Gasteiger charge is -2.21. The molecule has 1 atom stereocenters. The van der Waals surface area contributed by atoms with Gasteiger partial charge in [0, 0.05) is 23.7 Å². The number of hydrogen-bond acceptors (Lipinski definition) is 5. The van der Waals surface area contributed by atoms with E-state index in [9.17, 15) is 9.90 Å². The molecule has 2 aromatic heterocycles. The maximum atomic E-state index is 11.2. The fourth-order valence-corrected chi connectivity index (χ4v) is 3.09. The molecule has 0 radical (unpaired) electrons. The lowest BCUT2D eigenvalue weighted by molar-refractivity contribution is -0.130. The highest BCUT2D eigenvalue weighted by molar-refractivity contribution is 5.79. The van der Waals surface area contributed by atoms with Crippen molar-refractivity contribution >= 4 is 16.9 Å². The number of aliphatic hydroxyl groups is 1. The first-order chi connectivity index (χ1) is 15.2. The Morgan fingerprint density at radius 3 is 2.75 bits per heavy atom. The van der Waals surface area contributed by atoms with Crippen molar-refractivity contribution in [3.63, 3.8) is 0 Å². The second-order valence-corrected chi connectivity index (χ2v) is 8.30. The molecular weight excluding hydrogens is 404 g/mol. The highest BCUT2D eigenvalue weighted by atomic mass is 16.5. The summed E-state index contributed by atoms with van der Waals surface area (Å²) in [6.45, 7) is 11.2. The van der Waals surface area contributed by atoms with Gasteiger partial charge >= 0.3 is 0 Å². The Balaban J connectivity index is 0.000000170. The van der Waals surface area contributed by atoms with E-state index in [2.05, 4.69) is 29.0 Å². The molecule has 4 rings (SSSR count). The van der Waals surface area contributed by atoms with E-state index in [4.69, 9.17) is 9.15 Å². The van der Waals surface area contributed by atoms with Gasteiger partial charge in [0.15, 0.2) is 0 Å². The normalized spacial score (nSPS) is 13.3. The van der Waals surface area contributed by atoms with Gasteiger partial charge in [-0.1, -0.05) is 31.2 Å². The molecule has 0 spiro atoms. The van der Waals surface area contributed by atoms with Crippen LogP contribution in [0.15, 0.2) is 65.9 Å². The minimum atomic E-state index is -1.13. The second kappa shape index (κ2) is 12.1. The molecule has 172 valence electrons. The van der Waals surface area contributed by atoms with Crippen LogP contribution in [-0.2, 0) is 11.2 Å². The summed E-state index contributed by atoms with van der Waals surface area (Å²) in [7, 11) is 0. The van der Waals surface area contributed by atoms with Crippen molar-refractivity contribution in [2.45, 2.75) is 52.7 Å². The van der Waals surface area contributed by atoms with E-state index in [1.165, 1.54) is 25.8 Å². The van der Waals surface area contributed by atoms with Crippen molar-refractivity contribution in [1.29, 1.82) is 0 Å². The van der Waals surface area contributed by atoms with Crippen molar-refractivity contribution in [1.82, 2.24) is 10.3 Å². The first kappa shape index (κ1) is 25.1. The molecule has 3 aromatic rings. The summed E-state index contributed by atoms with van der Waals surface area (Å²) in [4.78, 5) is 15.2. The van der Waals surface area contributed by atoms with Gasteiger partial charge in [0.05, 0.1) is 6.61 Å². The Morgan fingerprint density at radius 1 is 1.34 bits per heavy atom. The van der Waals surface area contributed by atoms with E-state index >= 15 is 0 Å². The largest absolute Gasteiger partial charge is 0.493 e. The highest BCUT2D eigenvalue weighted by Crippen LogP contribution is 2.23. The smallest absolute Gasteiger partial charge is 0.225 e. The molecule has 3 heterocycles. The third kappa shape index (κ3) is 8.55. The number of amides is 1. The second-order valence-electron chi connectivity index (χ2n) is 8.30. The van der Waals surface area contributed by atoms with Crippen LogP contribution in [0.5, 0.6) is 5.75 Å². The number of benzene rings is 1. The number of aromatic nitrogens is 1. The van der Waals surface area contributed by atoms with Crippen molar-refractivity contribution < 1.29 is 19.1 Å². The summed E-state index contributed by atoms with van der Waals surface area (Å²) in [5.41, 5.74) is 1.13. The summed E-state index contributed by atoms with van der Waals surface area (Å²) >= 11 is 0. The number of rotatable bonds is 4. The Bertz CT molecular complexity index is 946. The molecule has 6 nitrogen and oxygen atoms in total. The van der Waals surface area contributed by atoms with Gasteiger partial charge in [-0.05, 0) is 63.8 Å². The molecular formula is C26H34N2O4. The number of carbonyl (C=O) groups is 1. The molecule has 0 bridgehead atoms. The van der Waals surface area contributed by atoms with Gasteiger partial charge in [0.2, 0.25) is 5.91 Å². The summed E-state index contributed by atoms with van der Waals surface area (Å²) in [5, 5.41) is 12.8.